The third-order valence-electron chi connectivity index (χ3n) is 3.99. The first kappa shape index (κ1) is 14.6. The maximum Gasteiger partial charge on any atom is 0.134 e. The molecule has 1 N–H and O–H groups in total. The molecule has 2 rings (SSSR count). The molecule has 19 heavy (non-hydrogen) atoms. The zero-order chi connectivity index (χ0) is 13.8. The van der Waals surface area contributed by atoms with Gasteiger partial charge in [-0.15, -0.1) is 0 Å². The summed E-state index contributed by atoms with van der Waals surface area (Å²) in [5.41, 5.74) is 1.17. The first-order valence-electron chi connectivity index (χ1n) is 7.07. The second-order valence-corrected chi connectivity index (χ2v) is 5.59. The van der Waals surface area contributed by atoms with E-state index in [-0.39, 0.29) is 5.75 Å². The number of benzene rings is 1. The summed E-state index contributed by atoms with van der Waals surface area (Å²) in [7, 11) is 0. The van der Waals surface area contributed by atoms with Crippen LogP contribution >= 0.6 is 11.6 Å². The fourth-order valence-corrected chi connectivity index (χ4v) is 3.10. The molecule has 1 fully saturated rings. The molecule has 1 atom stereocenters. The molecule has 0 amide bonds. The predicted molar refractivity (Wildman–Crippen MR) is 79.7 cm³/mol. The van der Waals surface area contributed by atoms with Gasteiger partial charge >= 0.3 is 0 Å². The van der Waals surface area contributed by atoms with Crippen LogP contribution in [0.15, 0.2) is 18.2 Å². The number of phenols is 1. The second-order valence-electron chi connectivity index (χ2n) is 5.18. The Bertz CT molecular complexity index is 421. The van der Waals surface area contributed by atoms with E-state index < -0.39 is 0 Å². The summed E-state index contributed by atoms with van der Waals surface area (Å²) >= 11 is 5.95. The predicted octanol–water partition coefficient (Wildman–Crippen LogP) is 2.96. The molecule has 1 aromatic rings. The molecule has 106 valence electrons. The van der Waals surface area contributed by atoms with Crippen molar-refractivity contribution in [2.45, 2.75) is 32.9 Å². The van der Waals surface area contributed by atoms with E-state index in [9.17, 15) is 5.11 Å². The van der Waals surface area contributed by atoms with E-state index in [0.29, 0.717) is 11.1 Å². The summed E-state index contributed by atoms with van der Waals surface area (Å²) < 4.78 is 0. The molecule has 1 aromatic carbocycles. The Labute approximate surface area is 120 Å². The Morgan fingerprint density at radius 1 is 1.37 bits per heavy atom. The lowest BCUT2D eigenvalue weighted by Crippen LogP contribution is -2.37. The van der Waals surface area contributed by atoms with Crippen LogP contribution in [0.5, 0.6) is 5.75 Å². The summed E-state index contributed by atoms with van der Waals surface area (Å²) in [4.78, 5) is 5.00. The van der Waals surface area contributed by atoms with Gasteiger partial charge < -0.3 is 5.11 Å². The van der Waals surface area contributed by atoms with E-state index in [1.807, 2.05) is 12.1 Å². The maximum absolute atomic E-state index is 9.43. The molecule has 0 aromatic heterocycles. The molecule has 0 bridgehead atoms. The first-order valence-corrected chi connectivity index (χ1v) is 7.45. The van der Waals surface area contributed by atoms with E-state index >= 15 is 0 Å². The third-order valence-corrected chi connectivity index (χ3v) is 4.30. The average molecular weight is 283 g/mol. The van der Waals surface area contributed by atoms with Crippen molar-refractivity contribution in [3.8, 4) is 5.75 Å². The van der Waals surface area contributed by atoms with Crippen LogP contribution in [0.2, 0.25) is 5.02 Å². The van der Waals surface area contributed by atoms with Crippen molar-refractivity contribution in [2.24, 2.45) is 0 Å². The van der Waals surface area contributed by atoms with Crippen molar-refractivity contribution in [3.05, 3.63) is 28.8 Å². The zero-order valence-electron chi connectivity index (χ0n) is 11.8. The van der Waals surface area contributed by atoms with Crippen LogP contribution in [0, 0.1) is 0 Å². The number of hydrogen-bond donors (Lipinski definition) is 1. The number of nitrogens with zero attached hydrogens (tertiary/aromatic N) is 2. The molecule has 1 aliphatic rings. The standard InChI is InChI=1S/C15H23ClN2O/c1-3-18(4-2)13-7-8-17(11-13)10-12-5-6-15(19)14(16)9-12/h5-6,9,13,19H,3-4,7-8,10-11H2,1-2H3. The molecule has 4 heteroatoms. The normalized spacial score (nSPS) is 20.3. The minimum atomic E-state index is 0.160. The number of likely N-dealkylation sites (N-methyl/N-ethyl adjacent to an activating group) is 1. The van der Waals surface area contributed by atoms with Crippen LogP contribution in [0.25, 0.3) is 0 Å². The van der Waals surface area contributed by atoms with E-state index in [4.69, 9.17) is 11.6 Å². The Morgan fingerprint density at radius 2 is 2.11 bits per heavy atom. The number of likely N-dealkylation sites (tertiary alicyclic amines) is 1. The Hall–Kier alpha value is -0.770. The largest absolute Gasteiger partial charge is 0.506 e. The number of halogens is 1. The summed E-state index contributed by atoms with van der Waals surface area (Å²) in [6, 6.07) is 6.17. The Morgan fingerprint density at radius 3 is 2.74 bits per heavy atom. The van der Waals surface area contributed by atoms with Gasteiger partial charge in [-0.25, -0.2) is 0 Å². The summed E-state index contributed by atoms with van der Waals surface area (Å²) in [6.07, 6.45) is 1.24. The van der Waals surface area contributed by atoms with Crippen LogP contribution in [0.3, 0.4) is 0 Å². The SMILES string of the molecule is CCN(CC)C1CCN(Cc2ccc(O)c(Cl)c2)C1. The number of phenolic OH excluding ortho intramolecular Hbond substituents is 1. The molecule has 1 unspecified atom stereocenters. The smallest absolute Gasteiger partial charge is 0.134 e. The lowest BCUT2D eigenvalue weighted by atomic mass is 10.2. The minimum absolute atomic E-state index is 0.160. The highest BCUT2D eigenvalue weighted by atomic mass is 35.5. The Balaban J connectivity index is 1.92. The van der Waals surface area contributed by atoms with Crippen molar-refractivity contribution < 1.29 is 5.11 Å². The van der Waals surface area contributed by atoms with Gasteiger partial charge in [0.1, 0.15) is 5.75 Å². The molecular weight excluding hydrogens is 260 g/mol. The fraction of sp³-hybridized carbons (Fsp3) is 0.600. The van der Waals surface area contributed by atoms with E-state index in [1.165, 1.54) is 12.0 Å². The second kappa shape index (κ2) is 6.60. The first-order chi connectivity index (χ1) is 9.13. The minimum Gasteiger partial charge on any atom is -0.506 e. The maximum atomic E-state index is 9.43. The van der Waals surface area contributed by atoms with Gasteiger partial charge in [0, 0.05) is 25.7 Å². The van der Waals surface area contributed by atoms with Crippen molar-refractivity contribution in [2.75, 3.05) is 26.2 Å². The van der Waals surface area contributed by atoms with Crippen LogP contribution in [0.4, 0.5) is 0 Å². The van der Waals surface area contributed by atoms with Crippen molar-refractivity contribution in [1.82, 2.24) is 9.80 Å². The number of hydrogen-bond acceptors (Lipinski definition) is 3. The molecule has 0 radical (unpaired) electrons. The van der Waals surface area contributed by atoms with Crippen LogP contribution in [-0.2, 0) is 6.54 Å². The third kappa shape index (κ3) is 3.62. The van der Waals surface area contributed by atoms with E-state index in [2.05, 4.69) is 23.6 Å². The van der Waals surface area contributed by atoms with Gasteiger partial charge in [-0.2, -0.15) is 0 Å². The molecule has 1 aliphatic heterocycles. The molecular formula is C15H23ClN2O. The summed E-state index contributed by atoms with van der Waals surface area (Å²) in [5, 5.41) is 9.87. The van der Waals surface area contributed by atoms with Crippen LogP contribution < -0.4 is 0 Å². The van der Waals surface area contributed by atoms with Crippen molar-refractivity contribution in [1.29, 1.82) is 0 Å². The molecule has 1 saturated heterocycles. The Kier molecular flexibility index (Phi) is 5.08. The zero-order valence-corrected chi connectivity index (χ0v) is 12.5. The van der Waals surface area contributed by atoms with Gasteiger partial charge in [0.25, 0.3) is 0 Å². The molecule has 1 heterocycles. The number of aromatic hydroxyl groups is 1. The van der Waals surface area contributed by atoms with Crippen LogP contribution in [-0.4, -0.2) is 47.1 Å². The topological polar surface area (TPSA) is 26.7 Å². The lowest BCUT2D eigenvalue weighted by molar-refractivity contribution is 0.209. The quantitative estimate of drug-likeness (QED) is 0.899. The van der Waals surface area contributed by atoms with Gasteiger partial charge in [-0.1, -0.05) is 31.5 Å². The highest BCUT2D eigenvalue weighted by Crippen LogP contribution is 2.25. The number of rotatable bonds is 5. The van der Waals surface area contributed by atoms with Crippen molar-refractivity contribution in [3.63, 3.8) is 0 Å². The van der Waals surface area contributed by atoms with Crippen LogP contribution in [0.1, 0.15) is 25.8 Å². The fourth-order valence-electron chi connectivity index (χ4n) is 2.90. The lowest BCUT2D eigenvalue weighted by Gasteiger charge is -2.26. The van der Waals surface area contributed by atoms with Gasteiger partial charge in [-0.3, -0.25) is 9.80 Å². The molecule has 0 saturated carbocycles. The average Bonchev–Trinajstić information content (AvgIpc) is 2.84. The summed E-state index contributed by atoms with van der Waals surface area (Å²) in [5.74, 6) is 0.160. The van der Waals surface area contributed by atoms with Gasteiger partial charge in [0.05, 0.1) is 5.02 Å². The molecule has 3 nitrogen and oxygen atoms in total. The highest BCUT2D eigenvalue weighted by molar-refractivity contribution is 6.32. The van der Waals surface area contributed by atoms with Gasteiger partial charge in [-0.05, 0) is 37.2 Å². The molecule has 0 spiro atoms. The van der Waals surface area contributed by atoms with Gasteiger partial charge in [0.15, 0.2) is 0 Å². The van der Waals surface area contributed by atoms with E-state index in [0.717, 1.165) is 32.7 Å². The monoisotopic (exact) mass is 282 g/mol. The highest BCUT2D eigenvalue weighted by Gasteiger charge is 2.25. The van der Waals surface area contributed by atoms with Crippen molar-refractivity contribution >= 4 is 11.6 Å². The molecule has 0 aliphatic carbocycles. The summed E-state index contributed by atoms with van der Waals surface area (Å²) in [6.45, 7) is 9.88. The van der Waals surface area contributed by atoms with Gasteiger partial charge in [0.2, 0.25) is 0 Å². The van der Waals surface area contributed by atoms with E-state index in [1.54, 1.807) is 6.07 Å².